The number of esters is 2. The minimum absolute atomic E-state index is 0.197. The van der Waals surface area contributed by atoms with Gasteiger partial charge >= 0.3 is 11.9 Å². The highest BCUT2D eigenvalue weighted by molar-refractivity contribution is 5.95. The lowest BCUT2D eigenvalue weighted by Gasteiger charge is -2.13. The minimum Gasteiger partial charge on any atom is -0.497 e. The van der Waals surface area contributed by atoms with Crippen molar-refractivity contribution in [1.82, 2.24) is 4.57 Å². The molecule has 0 saturated heterocycles. The number of ether oxygens (including phenoxy) is 4. The van der Waals surface area contributed by atoms with Crippen LogP contribution in [-0.2, 0) is 39.1 Å². The van der Waals surface area contributed by atoms with E-state index in [1.807, 2.05) is 55.7 Å². The molecule has 0 unspecified atom stereocenters. The predicted molar refractivity (Wildman–Crippen MR) is 111 cm³/mol. The first-order valence-corrected chi connectivity index (χ1v) is 9.46. The van der Waals surface area contributed by atoms with Crippen LogP contribution in [0.25, 0.3) is 10.9 Å². The second-order valence-electron chi connectivity index (χ2n) is 6.88. The number of benzene rings is 2. The van der Waals surface area contributed by atoms with E-state index in [9.17, 15) is 9.59 Å². The Morgan fingerprint density at radius 1 is 0.933 bits per heavy atom. The van der Waals surface area contributed by atoms with E-state index in [4.69, 9.17) is 18.9 Å². The molecule has 158 valence electrons. The number of nitrogens with zero attached hydrogens (tertiary/aromatic N) is 1. The third-order valence-electron chi connectivity index (χ3n) is 5.01. The van der Waals surface area contributed by atoms with Gasteiger partial charge in [-0.1, -0.05) is 12.1 Å². The highest BCUT2D eigenvalue weighted by atomic mass is 16.5. The van der Waals surface area contributed by atoms with Crippen molar-refractivity contribution in [2.75, 3.05) is 21.3 Å². The number of rotatable bonds is 8. The van der Waals surface area contributed by atoms with E-state index in [1.165, 1.54) is 14.2 Å². The summed E-state index contributed by atoms with van der Waals surface area (Å²) < 4.78 is 22.7. The molecule has 0 aliphatic rings. The molecule has 7 nitrogen and oxygen atoms in total. The number of carbonyl (C=O) groups is 2. The third kappa shape index (κ3) is 4.56. The van der Waals surface area contributed by atoms with Crippen molar-refractivity contribution in [3.63, 3.8) is 0 Å². The lowest BCUT2D eigenvalue weighted by atomic mass is 9.99. The Kier molecular flexibility index (Phi) is 6.61. The number of aromatic nitrogens is 1. The molecule has 3 rings (SSSR count). The molecule has 1 aromatic heterocycles. The Morgan fingerprint density at radius 3 is 2.17 bits per heavy atom. The molecule has 0 saturated carbocycles. The Morgan fingerprint density at radius 2 is 1.57 bits per heavy atom. The quantitative estimate of drug-likeness (QED) is 0.418. The Hall–Kier alpha value is -3.48. The molecular formula is C23H25NO6. The zero-order valence-electron chi connectivity index (χ0n) is 17.5. The first-order chi connectivity index (χ1) is 14.5. The highest BCUT2D eigenvalue weighted by Crippen LogP contribution is 2.27. The van der Waals surface area contributed by atoms with Gasteiger partial charge in [-0.25, -0.2) is 0 Å². The van der Waals surface area contributed by atoms with E-state index in [0.29, 0.717) is 12.4 Å². The molecule has 0 spiro atoms. The molecule has 3 aromatic rings. The molecular weight excluding hydrogens is 386 g/mol. The molecule has 0 aliphatic carbocycles. The minimum atomic E-state index is -0.988. The van der Waals surface area contributed by atoms with Crippen molar-refractivity contribution in [2.45, 2.75) is 13.0 Å². The van der Waals surface area contributed by atoms with Crippen LogP contribution in [0.3, 0.4) is 0 Å². The van der Waals surface area contributed by atoms with Gasteiger partial charge in [-0.2, -0.15) is 0 Å². The number of aryl methyl sites for hydroxylation is 1. The van der Waals surface area contributed by atoms with Gasteiger partial charge in [0.25, 0.3) is 0 Å². The standard InChI is InChI=1S/C23H25NO6/c1-24-13-16(19-12-18(27-2)9-10-21(19)24)14-30-17-7-5-15(6-8-17)11-20(22(25)28-3)23(26)29-4/h5-10,12-13,20H,11,14H2,1-4H3. The lowest BCUT2D eigenvalue weighted by Crippen LogP contribution is -2.28. The molecule has 0 amide bonds. The van der Waals surface area contributed by atoms with Gasteiger partial charge < -0.3 is 23.5 Å². The van der Waals surface area contributed by atoms with Gasteiger partial charge in [0.1, 0.15) is 18.1 Å². The first-order valence-electron chi connectivity index (χ1n) is 9.46. The maximum atomic E-state index is 11.8. The van der Waals surface area contributed by atoms with Crippen molar-refractivity contribution in [1.29, 1.82) is 0 Å². The van der Waals surface area contributed by atoms with E-state index >= 15 is 0 Å². The third-order valence-corrected chi connectivity index (χ3v) is 5.01. The summed E-state index contributed by atoms with van der Waals surface area (Å²) in [7, 11) is 6.13. The van der Waals surface area contributed by atoms with Crippen molar-refractivity contribution >= 4 is 22.8 Å². The van der Waals surface area contributed by atoms with E-state index in [1.54, 1.807) is 7.11 Å². The molecule has 0 N–H and O–H groups in total. The van der Waals surface area contributed by atoms with Crippen molar-refractivity contribution in [3.8, 4) is 11.5 Å². The molecule has 0 radical (unpaired) electrons. The van der Waals surface area contributed by atoms with Crippen LogP contribution in [0.1, 0.15) is 11.1 Å². The van der Waals surface area contributed by atoms with E-state index < -0.39 is 17.9 Å². The fraction of sp³-hybridized carbons (Fsp3) is 0.304. The second kappa shape index (κ2) is 9.35. The number of methoxy groups -OCH3 is 3. The topological polar surface area (TPSA) is 76.0 Å². The Bertz CT molecular complexity index is 1020. The summed E-state index contributed by atoms with van der Waals surface area (Å²) in [6, 6.07) is 13.2. The van der Waals surface area contributed by atoms with Crippen LogP contribution >= 0.6 is 0 Å². The second-order valence-corrected chi connectivity index (χ2v) is 6.88. The Balaban J connectivity index is 1.70. The number of hydrogen-bond acceptors (Lipinski definition) is 6. The van der Waals surface area contributed by atoms with Crippen molar-refractivity contribution < 1.29 is 28.5 Å². The van der Waals surface area contributed by atoms with Crippen LogP contribution in [-0.4, -0.2) is 37.8 Å². The van der Waals surface area contributed by atoms with Gasteiger partial charge in [-0.05, 0) is 42.3 Å². The number of fused-ring (bicyclic) bond motifs is 1. The maximum Gasteiger partial charge on any atom is 0.320 e. The van der Waals surface area contributed by atoms with Gasteiger partial charge in [-0.3, -0.25) is 9.59 Å². The van der Waals surface area contributed by atoms with Gasteiger partial charge in [-0.15, -0.1) is 0 Å². The van der Waals surface area contributed by atoms with Crippen LogP contribution in [0.2, 0.25) is 0 Å². The largest absolute Gasteiger partial charge is 0.497 e. The van der Waals surface area contributed by atoms with E-state index in [0.717, 1.165) is 27.8 Å². The van der Waals surface area contributed by atoms with Crippen LogP contribution in [0.5, 0.6) is 11.5 Å². The van der Waals surface area contributed by atoms with Crippen LogP contribution in [0.4, 0.5) is 0 Å². The monoisotopic (exact) mass is 411 g/mol. The van der Waals surface area contributed by atoms with Crippen molar-refractivity contribution in [2.24, 2.45) is 13.0 Å². The van der Waals surface area contributed by atoms with Gasteiger partial charge in [0.2, 0.25) is 0 Å². The smallest absolute Gasteiger partial charge is 0.320 e. The summed E-state index contributed by atoms with van der Waals surface area (Å²) in [5, 5.41) is 1.08. The molecule has 2 aromatic carbocycles. The zero-order chi connectivity index (χ0) is 21.7. The van der Waals surface area contributed by atoms with Crippen molar-refractivity contribution in [3.05, 3.63) is 59.8 Å². The maximum absolute atomic E-state index is 11.8. The van der Waals surface area contributed by atoms with Crippen LogP contribution in [0.15, 0.2) is 48.7 Å². The van der Waals surface area contributed by atoms with Gasteiger partial charge in [0, 0.05) is 29.7 Å². The molecule has 7 heteroatoms. The predicted octanol–water partition coefficient (Wildman–Crippen LogP) is 3.27. The summed E-state index contributed by atoms with van der Waals surface area (Å²) >= 11 is 0. The van der Waals surface area contributed by atoms with Gasteiger partial charge in [0.05, 0.1) is 21.3 Å². The number of carbonyl (C=O) groups excluding carboxylic acids is 2. The SMILES string of the molecule is COC(=O)C(Cc1ccc(OCc2cn(C)c3ccc(OC)cc23)cc1)C(=O)OC. The zero-order valence-corrected chi connectivity index (χ0v) is 17.5. The lowest BCUT2D eigenvalue weighted by molar-refractivity contribution is -0.158. The molecule has 30 heavy (non-hydrogen) atoms. The average molecular weight is 411 g/mol. The van der Waals surface area contributed by atoms with E-state index in [2.05, 4.69) is 4.57 Å². The summed E-state index contributed by atoms with van der Waals surface area (Å²) in [4.78, 5) is 23.7. The fourth-order valence-corrected chi connectivity index (χ4v) is 3.36. The summed E-state index contributed by atoms with van der Waals surface area (Å²) in [6.07, 6.45) is 2.23. The molecule has 0 atom stereocenters. The van der Waals surface area contributed by atoms with Crippen LogP contribution < -0.4 is 9.47 Å². The molecule has 0 aliphatic heterocycles. The normalized spacial score (nSPS) is 10.8. The summed E-state index contributed by atoms with van der Waals surface area (Å²) in [5.74, 6) is -0.740. The van der Waals surface area contributed by atoms with E-state index in [-0.39, 0.29) is 6.42 Å². The first kappa shape index (κ1) is 21.2. The highest BCUT2D eigenvalue weighted by Gasteiger charge is 2.28. The summed E-state index contributed by atoms with van der Waals surface area (Å²) in [6.45, 7) is 0.400. The Labute approximate surface area is 175 Å². The fourth-order valence-electron chi connectivity index (χ4n) is 3.36. The number of hydrogen-bond donors (Lipinski definition) is 0. The van der Waals surface area contributed by atoms with Crippen LogP contribution in [0, 0.1) is 5.92 Å². The molecule has 0 bridgehead atoms. The molecule has 0 fully saturated rings. The van der Waals surface area contributed by atoms with Gasteiger partial charge in [0.15, 0.2) is 5.92 Å². The average Bonchev–Trinajstić information content (AvgIpc) is 3.10. The molecule has 1 heterocycles. The summed E-state index contributed by atoms with van der Waals surface area (Å²) in [5.41, 5.74) is 2.95.